The van der Waals surface area contributed by atoms with Crippen molar-refractivity contribution >= 4 is 11.6 Å². The van der Waals surface area contributed by atoms with Gasteiger partial charge >= 0.3 is 0 Å². The van der Waals surface area contributed by atoms with Gasteiger partial charge in [-0.15, -0.1) is 0 Å². The SMILES string of the molecule is Cc1ccc(-c2cc(Cl)on2)cc1F. The van der Waals surface area contributed by atoms with Crippen molar-refractivity contribution in [1.82, 2.24) is 5.16 Å². The summed E-state index contributed by atoms with van der Waals surface area (Å²) in [5, 5.41) is 3.88. The fourth-order valence-corrected chi connectivity index (χ4v) is 1.28. The molecule has 0 atom stereocenters. The van der Waals surface area contributed by atoms with Crippen LogP contribution in [0.1, 0.15) is 5.56 Å². The van der Waals surface area contributed by atoms with E-state index in [1.807, 2.05) is 0 Å². The second-order valence-electron chi connectivity index (χ2n) is 2.98. The predicted octanol–water partition coefficient (Wildman–Crippen LogP) is 3.44. The van der Waals surface area contributed by atoms with Gasteiger partial charge in [0.2, 0.25) is 5.22 Å². The van der Waals surface area contributed by atoms with Crippen molar-refractivity contribution in [3.05, 3.63) is 40.9 Å². The number of nitrogens with zero attached hydrogens (tertiary/aromatic N) is 1. The number of benzene rings is 1. The summed E-state index contributed by atoms with van der Waals surface area (Å²) in [6, 6.07) is 6.41. The average Bonchev–Trinajstić information content (AvgIpc) is 2.57. The monoisotopic (exact) mass is 211 g/mol. The summed E-state index contributed by atoms with van der Waals surface area (Å²) in [6.07, 6.45) is 0. The molecule has 0 saturated carbocycles. The molecule has 0 amide bonds. The smallest absolute Gasteiger partial charge is 0.226 e. The highest BCUT2D eigenvalue weighted by molar-refractivity contribution is 6.29. The van der Waals surface area contributed by atoms with Crippen molar-refractivity contribution in [2.24, 2.45) is 0 Å². The van der Waals surface area contributed by atoms with Crippen molar-refractivity contribution < 1.29 is 8.91 Å². The lowest BCUT2D eigenvalue weighted by Gasteiger charge is -1.98. The van der Waals surface area contributed by atoms with Gasteiger partial charge in [-0.2, -0.15) is 0 Å². The topological polar surface area (TPSA) is 26.0 Å². The van der Waals surface area contributed by atoms with Crippen LogP contribution < -0.4 is 0 Å². The Morgan fingerprint density at radius 1 is 1.36 bits per heavy atom. The molecule has 0 saturated heterocycles. The highest BCUT2D eigenvalue weighted by atomic mass is 35.5. The largest absolute Gasteiger partial charge is 0.344 e. The quantitative estimate of drug-likeness (QED) is 0.722. The molecule has 0 aliphatic carbocycles. The zero-order valence-electron chi connectivity index (χ0n) is 7.42. The molecular formula is C10H7ClFNO. The molecule has 0 N–H and O–H groups in total. The van der Waals surface area contributed by atoms with Gasteiger partial charge in [-0.25, -0.2) is 4.39 Å². The highest BCUT2D eigenvalue weighted by Gasteiger charge is 2.06. The zero-order chi connectivity index (χ0) is 10.1. The Hall–Kier alpha value is -1.35. The molecular weight excluding hydrogens is 205 g/mol. The van der Waals surface area contributed by atoms with Crippen LogP contribution in [0.15, 0.2) is 28.8 Å². The van der Waals surface area contributed by atoms with E-state index in [2.05, 4.69) is 9.68 Å². The highest BCUT2D eigenvalue weighted by Crippen LogP contribution is 2.23. The van der Waals surface area contributed by atoms with Gasteiger partial charge in [0.25, 0.3) is 0 Å². The molecule has 1 aromatic heterocycles. The molecule has 72 valence electrons. The normalized spacial score (nSPS) is 10.5. The number of hydrogen-bond acceptors (Lipinski definition) is 2. The van der Waals surface area contributed by atoms with Crippen LogP contribution in [0.3, 0.4) is 0 Å². The van der Waals surface area contributed by atoms with Crippen LogP contribution in [0.4, 0.5) is 4.39 Å². The second kappa shape index (κ2) is 3.42. The van der Waals surface area contributed by atoms with E-state index in [1.165, 1.54) is 6.07 Å². The molecule has 0 spiro atoms. The fraction of sp³-hybridized carbons (Fsp3) is 0.100. The summed E-state index contributed by atoms with van der Waals surface area (Å²) in [4.78, 5) is 0. The number of rotatable bonds is 1. The van der Waals surface area contributed by atoms with Crippen molar-refractivity contribution in [2.75, 3.05) is 0 Å². The number of hydrogen-bond donors (Lipinski definition) is 0. The van der Waals surface area contributed by atoms with Crippen LogP contribution in [-0.4, -0.2) is 5.16 Å². The van der Waals surface area contributed by atoms with Gasteiger partial charge in [0, 0.05) is 11.6 Å². The van der Waals surface area contributed by atoms with Crippen molar-refractivity contribution in [1.29, 1.82) is 0 Å². The maximum absolute atomic E-state index is 13.2. The molecule has 14 heavy (non-hydrogen) atoms. The number of halogens is 2. The van der Waals surface area contributed by atoms with E-state index in [4.69, 9.17) is 11.6 Å². The maximum Gasteiger partial charge on any atom is 0.226 e. The Balaban J connectivity index is 2.47. The summed E-state index contributed by atoms with van der Waals surface area (Å²) in [5.74, 6) is -0.262. The van der Waals surface area contributed by atoms with Crippen molar-refractivity contribution in [3.63, 3.8) is 0 Å². The molecule has 2 rings (SSSR count). The van der Waals surface area contributed by atoms with Gasteiger partial charge in [-0.3, -0.25) is 0 Å². The van der Waals surface area contributed by atoms with Crippen LogP contribution >= 0.6 is 11.6 Å². The Morgan fingerprint density at radius 3 is 2.71 bits per heavy atom. The Bertz CT molecular complexity index is 467. The van der Waals surface area contributed by atoms with Gasteiger partial charge in [0.15, 0.2) is 0 Å². The van der Waals surface area contributed by atoms with Gasteiger partial charge in [0.1, 0.15) is 11.5 Å². The molecule has 4 heteroatoms. The molecule has 0 unspecified atom stereocenters. The lowest BCUT2D eigenvalue weighted by atomic mass is 10.1. The van der Waals surface area contributed by atoms with E-state index in [0.29, 0.717) is 16.8 Å². The lowest BCUT2D eigenvalue weighted by molar-refractivity contribution is 0.424. The standard InChI is InChI=1S/C10H7ClFNO/c1-6-2-3-7(4-8(6)12)9-5-10(11)14-13-9/h2-5H,1H3. The molecule has 0 bridgehead atoms. The van der Waals surface area contributed by atoms with E-state index < -0.39 is 0 Å². The minimum absolute atomic E-state index is 0.195. The van der Waals surface area contributed by atoms with Crippen molar-refractivity contribution in [3.8, 4) is 11.3 Å². The lowest BCUT2D eigenvalue weighted by Crippen LogP contribution is -1.83. The van der Waals surface area contributed by atoms with Gasteiger partial charge in [-0.1, -0.05) is 17.3 Å². The van der Waals surface area contributed by atoms with Gasteiger partial charge in [0.05, 0.1) is 0 Å². The maximum atomic E-state index is 13.2. The Morgan fingerprint density at radius 2 is 2.14 bits per heavy atom. The first kappa shape index (κ1) is 9.21. The summed E-state index contributed by atoms with van der Waals surface area (Å²) in [5.41, 5.74) is 1.79. The molecule has 2 nitrogen and oxygen atoms in total. The fourth-order valence-electron chi connectivity index (χ4n) is 1.14. The third-order valence-corrected chi connectivity index (χ3v) is 2.13. The first-order valence-electron chi connectivity index (χ1n) is 4.05. The molecule has 1 aromatic carbocycles. The minimum atomic E-state index is -0.262. The first-order chi connectivity index (χ1) is 6.66. The number of aromatic nitrogens is 1. The van der Waals surface area contributed by atoms with E-state index in [-0.39, 0.29) is 11.0 Å². The second-order valence-corrected chi connectivity index (χ2v) is 3.35. The summed E-state index contributed by atoms with van der Waals surface area (Å²) in [6.45, 7) is 1.70. The van der Waals surface area contributed by atoms with Gasteiger partial charge in [-0.05, 0) is 30.2 Å². The van der Waals surface area contributed by atoms with E-state index >= 15 is 0 Å². The summed E-state index contributed by atoms with van der Waals surface area (Å²) < 4.78 is 17.9. The summed E-state index contributed by atoms with van der Waals surface area (Å²) in [7, 11) is 0. The molecule has 2 aromatic rings. The molecule has 0 fully saturated rings. The Kier molecular flexibility index (Phi) is 2.25. The third kappa shape index (κ3) is 1.63. The molecule has 0 radical (unpaired) electrons. The van der Waals surface area contributed by atoms with E-state index in [9.17, 15) is 4.39 Å². The number of aryl methyl sites for hydroxylation is 1. The Labute approximate surface area is 85.3 Å². The predicted molar refractivity (Wildman–Crippen MR) is 51.6 cm³/mol. The third-order valence-electron chi connectivity index (χ3n) is 1.95. The average molecular weight is 212 g/mol. The minimum Gasteiger partial charge on any atom is -0.344 e. The molecule has 0 aliphatic heterocycles. The first-order valence-corrected chi connectivity index (χ1v) is 4.43. The molecule has 0 aliphatic rings. The van der Waals surface area contributed by atoms with Crippen LogP contribution in [0.5, 0.6) is 0 Å². The van der Waals surface area contributed by atoms with Crippen molar-refractivity contribution in [2.45, 2.75) is 6.92 Å². The molecule has 1 heterocycles. The van der Waals surface area contributed by atoms with Crippen LogP contribution in [0.25, 0.3) is 11.3 Å². The van der Waals surface area contributed by atoms with Crippen LogP contribution in [0.2, 0.25) is 5.22 Å². The van der Waals surface area contributed by atoms with Crippen LogP contribution in [0, 0.1) is 12.7 Å². The van der Waals surface area contributed by atoms with Gasteiger partial charge < -0.3 is 4.52 Å². The van der Waals surface area contributed by atoms with Crippen LogP contribution in [-0.2, 0) is 0 Å². The van der Waals surface area contributed by atoms with E-state index in [1.54, 1.807) is 25.1 Å². The van der Waals surface area contributed by atoms with E-state index in [0.717, 1.165) is 0 Å². The zero-order valence-corrected chi connectivity index (χ0v) is 8.18. The summed E-state index contributed by atoms with van der Waals surface area (Å²) >= 11 is 5.56.